The Kier molecular flexibility index (Phi) is 7.53. The fourth-order valence-corrected chi connectivity index (χ4v) is 4.35. The van der Waals surface area contributed by atoms with Crippen LogP contribution in [0.3, 0.4) is 0 Å². The van der Waals surface area contributed by atoms with Crippen LogP contribution in [-0.2, 0) is 11.2 Å². The highest BCUT2D eigenvalue weighted by Gasteiger charge is 2.35. The van der Waals surface area contributed by atoms with Gasteiger partial charge in [-0.15, -0.1) is 0 Å². The van der Waals surface area contributed by atoms with E-state index in [4.69, 9.17) is 4.99 Å². The highest BCUT2D eigenvalue weighted by atomic mass is 16.3. The number of nitrogens with zero attached hydrogens (tertiary/aromatic N) is 2. The molecule has 6 heteroatoms. The molecule has 0 spiro atoms. The monoisotopic (exact) mass is 400 g/mol. The van der Waals surface area contributed by atoms with Crippen molar-refractivity contribution in [2.75, 3.05) is 31.1 Å². The van der Waals surface area contributed by atoms with Crippen molar-refractivity contribution in [3.05, 3.63) is 29.8 Å². The van der Waals surface area contributed by atoms with Crippen molar-refractivity contribution in [3.63, 3.8) is 0 Å². The zero-order valence-corrected chi connectivity index (χ0v) is 17.9. The van der Waals surface area contributed by atoms with Gasteiger partial charge in [0.15, 0.2) is 5.96 Å². The summed E-state index contributed by atoms with van der Waals surface area (Å²) in [5.74, 6) is 0.960. The van der Waals surface area contributed by atoms with Gasteiger partial charge >= 0.3 is 0 Å². The number of carbonyl (C=O) groups is 1. The lowest BCUT2D eigenvalue weighted by atomic mass is 9.73. The molecule has 1 fully saturated rings. The molecule has 0 aromatic heterocycles. The Bertz CT molecular complexity index is 721. The smallest absolute Gasteiger partial charge is 0.227 e. The van der Waals surface area contributed by atoms with Crippen LogP contribution in [0.2, 0.25) is 0 Å². The fraction of sp³-hybridized carbons (Fsp3) is 0.652. The topological polar surface area (TPSA) is 77.0 Å². The number of amides is 1. The van der Waals surface area contributed by atoms with E-state index in [0.717, 1.165) is 63.3 Å². The first-order valence-electron chi connectivity index (χ1n) is 11.1. The van der Waals surface area contributed by atoms with Gasteiger partial charge in [-0.1, -0.05) is 38.0 Å². The molecule has 1 aromatic rings. The Balaban J connectivity index is 1.45. The van der Waals surface area contributed by atoms with Crippen LogP contribution in [-0.4, -0.2) is 49.3 Å². The minimum Gasteiger partial charge on any atom is -0.392 e. The van der Waals surface area contributed by atoms with E-state index < -0.39 is 0 Å². The molecule has 2 atom stereocenters. The minimum absolute atomic E-state index is 0.139. The number of aliphatic hydroxyl groups excluding tert-OH is 1. The molecule has 0 bridgehead atoms. The summed E-state index contributed by atoms with van der Waals surface area (Å²) in [5.41, 5.74) is 2.19. The number of rotatable bonds is 7. The van der Waals surface area contributed by atoms with Gasteiger partial charge < -0.3 is 20.6 Å². The standard InChI is InChI=1S/C23H36N4O2/c1-3-24-22(26-17-23(2)14-7-6-11-20(23)28)25-15-8-12-21(29)27-16-13-18-9-4-5-10-19(18)27/h4-5,9-10,20,28H,3,6-8,11-17H2,1-2H3,(H2,24,25,26). The fourth-order valence-electron chi connectivity index (χ4n) is 4.35. The largest absolute Gasteiger partial charge is 0.392 e. The number of hydrogen-bond acceptors (Lipinski definition) is 3. The molecular weight excluding hydrogens is 364 g/mol. The van der Waals surface area contributed by atoms with Gasteiger partial charge in [-0.3, -0.25) is 9.79 Å². The lowest BCUT2D eigenvalue weighted by Crippen LogP contribution is -2.42. The van der Waals surface area contributed by atoms with Gasteiger partial charge in [-0.2, -0.15) is 0 Å². The number of aliphatic hydroxyl groups is 1. The second-order valence-corrected chi connectivity index (χ2v) is 8.57. The van der Waals surface area contributed by atoms with Crippen LogP contribution in [0, 0.1) is 5.41 Å². The maximum atomic E-state index is 12.6. The molecule has 2 aliphatic rings. The number of nitrogens with one attached hydrogen (secondary N) is 2. The predicted octanol–water partition coefficient (Wildman–Crippen LogP) is 2.85. The summed E-state index contributed by atoms with van der Waals surface area (Å²) >= 11 is 0. The van der Waals surface area contributed by atoms with Gasteiger partial charge in [0, 0.05) is 37.2 Å². The Labute approximate surface area is 174 Å². The van der Waals surface area contributed by atoms with Crippen LogP contribution in [0.4, 0.5) is 5.69 Å². The number of carbonyl (C=O) groups excluding carboxylic acids is 1. The molecule has 3 rings (SSSR count). The average molecular weight is 401 g/mol. The molecule has 1 aliphatic carbocycles. The first kappa shape index (κ1) is 21.6. The normalized spacial score (nSPS) is 24.3. The summed E-state index contributed by atoms with van der Waals surface area (Å²) < 4.78 is 0. The third kappa shape index (κ3) is 5.50. The van der Waals surface area contributed by atoms with Crippen LogP contribution < -0.4 is 15.5 Å². The molecular formula is C23H36N4O2. The number of para-hydroxylation sites is 1. The molecule has 3 N–H and O–H groups in total. The SMILES string of the molecule is CCNC(=NCC1(C)CCCCC1O)NCCCC(=O)N1CCc2ccccc21. The molecule has 0 saturated heterocycles. The summed E-state index contributed by atoms with van der Waals surface area (Å²) in [6, 6.07) is 8.17. The van der Waals surface area contributed by atoms with Crippen molar-refractivity contribution in [2.24, 2.45) is 10.4 Å². The maximum absolute atomic E-state index is 12.6. The summed E-state index contributed by atoms with van der Waals surface area (Å²) in [6.07, 6.45) is 6.12. The highest BCUT2D eigenvalue weighted by Crippen LogP contribution is 2.36. The van der Waals surface area contributed by atoms with Gasteiger partial charge in [-0.25, -0.2) is 0 Å². The molecule has 1 amide bonds. The minimum atomic E-state index is -0.274. The van der Waals surface area contributed by atoms with E-state index in [1.807, 2.05) is 30.0 Å². The number of benzene rings is 1. The van der Waals surface area contributed by atoms with E-state index in [1.54, 1.807) is 0 Å². The molecule has 1 saturated carbocycles. The molecule has 0 radical (unpaired) electrons. The predicted molar refractivity (Wildman–Crippen MR) is 118 cm³/mol. The molecule has 29 heavy (non-hydrogen) atoms. The van der Waals surface area contributed by atoms with E-state index in [0.29, 0.717) is 19.5 Å². The Morgan fingerprint density at radius 2 is 2.14 bits per heavy atom. The number of fused-ring (bicyclic) bond motifs is 1. The highest BCUT2D eigenvalue weighted by molar-refractivity contribution is 5.95. The second kappa shape index (κ2) is 10.1. The first-order valence-corrected chi connectivity index (χ1v) is 11.1. The summed E-state index contributed by atoms with van der Waals surface area (Å²) in [5, 5.41) is 17.0. The molecule has 1 aromatic carbocycles. The zero-order valence-electron chi connectivity index (χ0n) is 17.9. The van der Waals surface area contributed by atoms with Crippen LogP contribution in [0.15, 0.2) is 29.3 Å². The molecule has 2 unspecified atom stereocenters. The van der Waals surface area contributed by atoms with E-state index in [-0.39, 0.29) is 17.4 Å². The van der Waals surface area contributed by atoms with E-state index in [9.17, 15) is 9.90 Å². The second-order valence-electron chi connectivity index (χ2n) is 8.57. The third-order valence-corrected chi connectivity index (χ3v) is 6.27. The van der Waals surface area contributed by atoms with Gasteiger partial charge in [0.05, 0.1) is 12.6 Å². The van der Waals surface area contributed by atoms with Gasteiger partial charge in [-0.05, 0) is 44.2 Å². The van der Waals surface area contributed by atoms with E-state index in [2.05, 4.69) is 23.6 Å². The maximum Gasteiger partial charge on any atom is 0.227 e. The summed E-state index contributed by atoms with van der Waals surface area (Å²) in [6.45, 7) is 7.07. The van der Waals surface area contributed by atoms with E-state index in [1.165, 1.54) is 5.56 Å². The van der Waals surface area contributed by atoms with Gasteiger partial charge in [0.1, 0.15) is 0 Å². The number of anilines is 1. The molecule has 160 valence electrons. The zero-order chi connectivity index (χ0) is 20.7. The first-order chi connectivity index (χ1) is 14.0. The summed E-state index contributed by atoms with van der Waals surface area (Å²) in [7, 11) is 0. The number of guanidine groups is 1. The quantitative estimate of drug-likeness (QED) is 0.374. The van der Waals surface area contributed by atoms with Crippen LogP contribution >= 0.6 is 0 Å². The van der Waals surface area contributed by atoms with Crippen molar-refractivity contribution < 1.29 is 9.90 Å². The average Bonchev–Trinajstić information content (AvgIpc) is 3.16. The summed E-state index contributed by atoms with van der Waals surface area (Å²) in [4.78, 5) is 19.3. The lowest BCUT2D eigenvalue weighted by Gasteiger charge is -2.37. The van der Waals surface area contributed by atoms with E-state index >= 15 is 0 Å². The molecule has 1 aliphatic heterocycles. The van der Waals surface area contributed by atoms with Crippen LogP contribution in [0.1, 0.15) is 57.9 Å². The Hall–Kier alpha value is -2.08. The van der Waals surface area contributed by atoms with Crippen molar-refractivity contribution in [1.29, 1.82) is 0 Å². The van der Waals surface area contributed by atoms with Gasteiger partial charge in [0.25, 0.3) is 0 Å². The lowest BCUT2D eigenvalue weighted by molar-refractivity contribution is -0.118. The van der Waals surface area contributed by atoms with Crippen LogP contribution in [0.5, 0.6) is 0 Å². The number of hydrogen-bond donors (Lipinski definition) is 3. The van der Waals surface area contributed by atoms with Crippen molar-refractivity contribution in [2.45, 2.75) is 64.9 Å². The molecule has 1 heterocycles. The van der Waals surface area contributed by atoms with Crippen LogP contribution in [0.25, 0.3) is 0 Å². The Morgan fingerprint density at radius 1 is 1.31 bits per heavy atom. The molecule has 6 nitrogen and oxygen atoms in total. The van der Waals surface area contributed by atoms with Crippen molar-refractivity contribution in [3.8, 4) is 0 Å². The van der Waals surface area contributed by atoms with Crippen molar-refractivity contribution in [1.82, 2.24) is 10.6 Å². The van der Waals surface area contributed by atoms with Crippen molar-refractivity contribution >= 4 is 17.6 Å². The Morgan fingerprint density at radius 3 is 2.93 bits per heavy atom. The number of aliphatic imine (C=N–C) groups is 1. The third-order valence-electron chi connectivity index (χ3n) is 6.27. The van der Waals surface area contributed by atoms with Gasteiger partial charge in [0.2, 0.25) is 5.91 Å².